The van der Waals surface area contributed by atoms with Crippen molar-refractivity contribution in [3.05, 3.63) is 95.1 Å². The van der Waals surface area contributed by atoms with Crippen molar-refractivity contribution in [2.45, 2.75) is 25.7 Å². The van der Waals surface area contributed by atoms with Crippen LogP contribution in [0.4, 0.5) is 10.1 Å². The van der Waals surface area contributed by atoms with Crippen LogP contribution in [0.1, 0.15) is 50.7 Å². The van der Waals surface area contributed by atoms with Crippen molar-refractivity contribution in [3.63, 3.8) is 0 Å². The van der Waals surface area contributed by atoms with Gasteiger partial charge in [-0.05, 0) is 55.7 Å². The average Bonchev–Trinajstić information content (AvgIpc) is 3.69. The maximum absolute atomic E-state index is 13.6. The Hall–Kier alpha value is -4.97. The third kappa shape index (κ3) is 5.87. The van der Waals surface area contributed by atoms with Crippen LogP contribution in [0.15, 0.2) is 75.8 Å². The van der Waals surface area contributed by atoms with Crippen molar-refractivity contribution in [1.82, 2.24) is 15.2 Å². The highest BCUT2D eigenvalue weighted by atomic mass is 32.2. The number of oxazole rings is 1. The minimum absolute atomic E-state index is 0.114. The highest BCUT2D eigenvalue weighted by molar-refractivity contribution is 7.92. The largest absolute Gasteiger partial charge is 0.455 e. The number of fused-ring (bicyclic) bond motifs is 1. The number of furan rings is 1. The Bertz CT molecular complexity index is 2050. The summed E-state index contributed by atoms with van der Waals surface area (Å²) in [6, 6.07) is 16.7. The molecule has 0 radical (unpaired) electrons. The fourth-order valence-corrected chi connectivity index (χ4v) is 6.38. The molecule has 12 heteroatoms. The van der Waals surface area contributed by atoms with Gasteiger partial charge in [-0.2, -0.15) is 0 Å². The van der Waals surface area contributed by atoms with Gasteiger partial charge in [0.1, 0.15) is 23.4 Å². The molecule has 1 N–H and O–H groups in total. The van der Waals surface area contributed by atoms with E-state index in [1.807, 2.05) is 37.3 Å². The smallest absolute Gasteiger partial charge is 0.275 e. The number of carbonyl (C=O) groups is 2. The van der Waals surface area contributed by atoms with E-state index in [0.717, 1.165) is 11.8 Å². The quantitative estimate of drug-likeness (QED) is 0.231. The van der Waals surface area contributed by atoms with E-state index in [-0.39, 0.29) is 35.9 Å². The Morgan fingerprint density at radius 1 is 1.07 bits per heavy atom. The average molecular weight is 645 g/mol. The Kier molecular flexibility index (Phi) is 8.15. The van der Waals surface area contributed by atoms with Crippen molar-refractivity contribution in [1.29, 1.82) is 0 Å². The molecule has 46 heavy (non-hydrogen) atoms. The van der Waals surface area contributed by atoms with Gasteiger partial charge in [0.15, 0.2) is 5.69 Å². The third-order valence-corrected chi connectivity index (χ3v) is 9.60. The predicted octanol–water partition coefficient (Wildman–Crippen LogP) is 5.98. The lowest BCUT2D eigenvalue weighted by atomic mass is 9.88. The number of sulfonamides is 1. The van der Waals surface area contributed by atoms with Crippen LogP contribution in [0.25, 0.3) is 33.7 Å². The Morgan fingerprint density at radius 2 is 1.76 bits per heavy atom. The maximum atomic E-state index is 13.6. The molecule has 6 rings (SSSR count). The number of amides is 2. The predicted molar refractivity (Wildman–Crippen MR) is 173 cm³/mol. The van der Waals surface area contributed by atoms with Gasteiger partial charge in [-0.1, -0.05) is 29.8 Å². The molecule has 0 bridgehead atoms. The molecule has 5 aromatic rings. The Morgan fingerprint density at radius 3 is 2.43 bits per heavy atom. The van der Waals surface area contributed by atoms with Gasteiger partial charge >= 0.3 is 0 Å². The summed E-state index contributed by atoms with van der Waals surface area (Å²) in [5, 5.41) is 3.25. The molecule has 1 fully saturated rings. The fourth-order valence-electron chi connectivity index (χ4n) is 5.86. The van der Waals surface area contributed by atoms with Crippen LogP contribution in [-0.4, -0.2) is 63.6 Å². The fraction of sp³-hybridized carbons (Fsp3) is 0.265. The highest BCUT2D eigenvalue weighted by Gasteiger charge is 2.32. The van der Waals surface area contributed by atoms with Crippen LogP contribution in [-0.2, 0) is 10.0 Å². The first-order valence-electron chi connectivity index (χ1n) is 14.8. The first-order chi connectivity index (χ1) is 21.9. The number of aryl methyl sites for hydroxylation is 1. The normalized spacial score (nSPS) is 15.2. The Balaban J connectivity index is 1.41. The lowest BCUT2D eigenvalue weighted by Crippen LogP contribution is -2.39. The molecule has 3 heterocycles. The number of hydrogen-bond donors (Lipinski definition) is 1. The first-order valence-corrected chi connectivity index (χ1v) is 16.6. The second kappa shape index (κ2) is 12.1. The zero-order chi connectivity index (χ0) is 32.7. The molecule has 3 aromatic carbocycles. The Labute approximate surface area is 265 Å². The molecular formula is C34H33FN4O6S. The van der Waals surface area contributed by atoms with Crippen LogP contribution in [0.5, 0.6) is 0 Å². The van der Waals surface area contributed by atoms with Crippen molar-refractivity contribution >= 4 is 38.5 Å². The molecule has 0 unspecified atom stereocenters. The molecule has 2 amide bonds. The van der Waals surface area contributed by atoms with Crippen molar-refractivity contribution in [2.75, 3.05) is 37.7 Å². The zero-order valence-electron chi connectivity index (χ0n) is 25.8. The van der Waals surface area contributed by atoms with Crippen LogP contribution >= 0.6 is 0 Å². The van der Waals surface area contributed by atoms with E-state index in [4.69, 9.17) is 8.83 Å². The van der Waals surface area contributed by atoms with Crippen LogP contribution < -0.4 is 9.62 Å². The lowest BCUT2D eigenvalue weighted by Gasteiger charge is -2.34. The standard InChI is InChI=1S/C34H33FN4O6S/c1-20-7-9-21(10-8-20)31-30(32(40)36-2)26-16-25(28(17-29(26)45-31)38(3)46(4,42)43)23-6-5-15-39(18-23)34(41)27-19-44-33(37-27)22-11-13-24(35)14-12-22/h7-14,16-17,19,23H,5-6,15,18H2,1-4H3,(H,36,40)/t23-/m1/s1. The molecule has 1 saturated heterocycles. The van der Waals surface area contributed by atoms with Gasteiger partial charge in [0.05, 0.1) is 17.5 Å². The second-order valence-corrected chi connectivity index (χ2v) is 13.5. The summed E-state index contributed by atoms with van der Waals surface area (Å²) >= 11 is 0. The number of piperidine rings is 1. The molecule has 1 aliphatic rings. The number of anilines is 1. The number of halogens is 1. The van der Waals surface area contributed by atoms with Gasteiger partial charge in [0, 0.05) is 55.7 Å². The molecule has 1 atom stereocenters. The van der Waals surface area contributed by atoms with Gasteiger partial charge in [-0.15, -0.1) is 0 Å². The number of hydrogen-bond acceptors (Lipinski definition) is 7. The topological polar surface area (TPSA) is 126 Å². The number of aromatic nitrogens is 1. The van der Waals surface area contributed by atoms with Gasteiger partial charge in [0.2, 0.25) is 15.9 Å². The van der Waals surface area contributed by atoms with Crippen molar-refractivity contribution in [3.8, 4) is 22.8 Å². The first kappa shape index (κ1) is 31.0. The van der Waals surface area contributed by atoms with Gasteiger partial charge < -0.3 is 19.1 Å². The zero-order valence-corrected chi connectivity index (χ0v) is 26.7. The summed E-state index contributed by atoms with van der Waals surface area (Å²) in [6.45, 7) is 2.72. The molecule has 0 aliphatic carbocycles. The molecule has 238 valence electrons. The molecule has 0 saturated carbocycles. The monoisotopic (exact) mass is 644 g/mol. The van der Waals surface area contributed by atoms with E-state index in [0.29, 0.717) is 64.1 Å². The van der Waals surface area contributed by atoms with E-state index in [9.17, 15) is 22.4 Å². The van der Waals surface area contributed by atoms with Gasteiger partial charge in [-0.3, -0.25) is 13.9 Å². The third-order valence-electron chi connectivity index (χ3n) is 8.40. The molecule has 1 aliphatic heterocycles. The van der Waals surface area contributed by atoms with Crippen LogP contribution in [0, 0.1) is 12.7 Å². The summed E-state index contributed by atoms with van der Waals surface area (Å²) in [5.74, 6) is -0.757. The van der Waals surface area contributed by atoms with Gasteiger partial charge in [0.25, 0.3) is 11.8 Å². The molecular weight excluding hydrogens is 611 g/mol. The van der Waals surface area contributed by atoms with Crippen LogP contribution in [0.3, 0.4) is 0 Å². The summed E-state index contributed by atoms with van der Waals surface area (Å²) in [6.07, 6.45) is 3.74. The van der Waals surface area contributed by atoms with Crippen LogP contribution in [0.2, 0.25) is 0 Å². The second-order valence-electron chi connectivity index (χ2n) is 11.5. The summed E-state index contributed by atoms with van der Waals surface area (Å²) < 4.78 is 52.0. The minimum Gasteiger partial charge on any atom is -0.455 e. The van der Waals surface area contributed by atoms with E-state index in [1.54, 1.807) is 18.0 Å². The van der Waals surface area contributed by atoms with E-state index in [1.165, 1.54) is 41.9 Å². The molecule has 2 aromatic heterocycles. The van der Waals surface area contributed by atoms with Crippen molar-refractivity contribution in [2.24, 2.45) is 0 Å². The van der Waals surface area contributed by atoms with Gasteiger partial charge in [-0.25, -0.2) is 17.8 Å². The highest BCUT2D eigenvalue weighted by Crippen LogP contribution is 2.42. The molecule has 10 nitrogen and oxygen atoms in total. The van der Waals surface area contributed by atoms with E-state index < -0.39 is 15.8 Å². The number of rotatable bonds is 7. The summed E-state index contributed by atoms with van der Waals surface area (Å²) in [7, 11) is -0.662. The maximum Gasteiger partial charge on any atom is 0.275 e. The minimum atomic E-state index is -3.68. The van der Waals surface area contributed by atoms with Crippen molar-refractivity contribution < 1.29 is 31.2 Å². The summed E-state index contributed by atoms with van der Waals surface area (Å²) in [4.78, 5) is 32.9. The number of likely N-dealkylation sites (tertiary alicyclic amines) is 1. The number of carbonyl (C=O) groups excluding carboxylic acids is 2. The number of nitrogens with one attached hydrogen (secondary N) is 1. The molecule has 0 spiro atoms. The number of nitrogens with zero attached hydrogens (tertiary/aromatic N) is 3. The lowest BCUT2D eigenvalue weighted by molar-refractivity contribution is 0.0701. The number of benzene rings is 3. The van der Waals surface area contributed by atoms with E-state index >= 15 is 0 Å². The van der Waals surface area contributed by atoms with E-state index in [2.05, 4.69) is 10.3 Å². The summed E-state index contributed by atoms with van der Waals surface area (Å²) in [5.41, 5.74) is 4.20. The SMILES string of the molecule is CNC(=O)c1c(-c2ccc(C)cc2)oc2cc(N(C)S(C)(=O)=O)c([C@@H]3CCCN(C(=O)c4coc(-c5ccc(F)cc5)n4)C3)cc12.